The van der Waals surface area contributed by atoms with Gasteiger partial charge in [-0.15, -0.1) is 0 Å². The number of carbonyl (C=O) groups is 2. The van der Waals surface area contributed by atoms with Crippen molar-refractivity contribution in [2.24, 2.45) is 5.92 Å². The number of nitrogens with one attached hydrogen (secondary N) is 4. The number of thiocarbonyl (C=S) groups is 1. The molecule has 1 aromatic rings. The van der Waals surface area contributed by atoms with E-state index in [0.717, 1.165) is 12.5 Å². The van der Waals surface area contributed by atoms with Crippen molar-refractivity contribution in [2.75, 3.05) is 6.54 Å². The van der Waals surface area contributed by atoms with E-state index in [4.69, 9.17) is 12.2 Å². The van der Waals surface area contributed by atoms with Crippen LogP contribution in [0.5, 0.6) is 0 Å². The average Bonchev–Trinajstić information content (AvgIpc) is 2.59. The number of nitrogens with zero attached hydrogens (tertiary/aromatic N) is 1. The van der Waals surface area contributed by atoms with E-state index in [2.05, 4.69) is 35.3 Å². The zero-order valence-corrected chi connectivity index (χ0v) is 15.7. The Hall–Kier alpha value is -2.75. The largest absolute Gasteiger partial charge is 0.361 e. The van der Waals surface area contributed by atoms with Gasteiger partial charge in [-0.1, -0.05) is 19.9 Å². The van der Waals surface area contributed by atoms with Crippen LogP contribution >= 0.6 is 12.2 Å². The molecule has 0 saturated carbocycles. The highest BCUT2D eigenvalue weighted by Gasteiger charge is 2.18. The zero-order chi connectivity index (χ0) is 19.7. The fraction of sp³-hybridized carbons (Fsp3) is 0.438. The molecule has 0 aliphatic heterocycles. The van der Waals surface area contributed by atoms with Gasteiger partial charge >= 0.3 is 0 Å². The maximum absolute atomic E-state index is 12.1. The highest BCUT2D eigenvalue weighted by atomic mass is 32.1. The Morgan fingerprint density at radius 3 is 2.54 bits per heavy atom. The Bertz CT molecular complexity index is 680. The van der Waals surface area contributed by atoms with Crippen LogP contribution in [0.1, 0.15) is 37.6 Å². The molecule has 0 spiro atoms. The van der Waals surface area contributed by atoms with Crippen LogP contribution < -0.4 is 21.5 Å². The van der Waals surface area contributed by atoms with Gasteiger partial charge in [-0.3, -0.25) is 30.6 Å². The SMILES string of the molecule is CC(C)CCNC(=S)NNC(=O)[C@H](C)NC(=O)c1cccc([N+](=O)[O-])c1. The summed E-state index contributed by atoms with van der Waals surface area (Å²) in [6.07, 6.45) is 0.936. The van der Waals surface area contributed by atoms with E-state index < -0.39 is 22.8 Å². The van der Waals surface area contributed by atoms with E-state index in [1.54, 1.807) is 0 Å². The Morgan fingerprint density at radius 2 is 1.92 bits per heavy atom. The number of rotatable bonds is 7. The topological polar surface area (TPSA) is 125 Å². The number of benzene rings is 1. The van der Waals surface area contributed by atoms with E-state index in [1.807, 2.05) is 0 Å². The molecule has 0 heterocycles. The summed E-state index contributed by atoms with van der Waals surface area (Å²) < 4.78 is 0. The smallest absolute Gasteiger partial charge is 0.270 e. The predicted octanol–water partition coefficient (Wildman–Crippen LogP) is 1.25. The predicted molar refractivity (Wildman–Crippen MR) is 101 cm³/mol. The van der Waals surface area contributed by atoms with Crippen LogP contribution in [0.15, 0.2) is 24.3 Å². The Labute approximate surface area is 157 Å². The summed E-state index contributed by atoms with van der Waals surface area (Å²) >= 11 is 5.03. The van der Waals surface area contributed by atoms with Crippen LogP contribution in [-0.4, -0.2) is 34.4 Å². The summed E-state index contributed by atoms with van der Waals surface area (Å²) in [6, 6.07) is 4.39. The lowest BCUT2D eigenvalue weighted by Gasteiger charge is -2.16. The summed E-state index contributed by atoms with van der Waals surface area (Å²) in [6.45, 7) is 6.34. The first-order valence-electron chi connectivity index (χ1n) is 8.09. The van der Waals surface area contributed by atoms with Gasteiger partial charge in [-0.05, 0) is 37.5 Å². The first kappa shape index (κ1) is 21.3. The molecule has 26 heavy (non-hydrogen) atoms. The van der Waals surface area contributed by atoms with Crippen molar-refractivity contribution in [2.45, 2.75) is 33.2 Å². The minimum Gasteiger partial charge on any atom is -0.361 e. The van der Waals surface area contributed by atoms with Crippen LogP contribution in [-0.2, 0) is 4.79 Å². The molecule has 0 aliphatic carbocycles. The number of amides is 2. The third kappa shape index (κ3) is 7.43. The van der Waals surface area contributed by atoms with Gasteiger partial charge in [0.15, 0.2) is 5.11 Å². The molecule has 0 fully saturated rings. The normalized spacial score (nSPS) is 11.4. The molecule has 10 heteroatoms. The molecule has 1 rings (SSSR count). The van der Waals surface area contributed by atoms with Gasteiger partial charge in [-0.25, -0.2) is 0 Å². The lowest BCUT2D eigenvalue weighted by Crippen LogP contribution is -2.53. The molecule has 4 N–H and O–H groups in total. The molecule has 0 aliphatic rings. The van der Waals surface area contributed by atoms with Crippen molar-refractivity contribution in [1.82, 2.24) is 21.5 Å². The molecule has 0 saturated heterocycles. The summed E-state index contributed by atoms with van der Waals surface area (Å²) in [5, 5.41) is 16.4. The molecule has 2 amide bonds. The minimum absolute atomic E-state index is 0.0951. The van der Waals surface area contributed by atoms with Crippen molar-refractivity contribution in [3.05, 3.63) is 39.9 Å². The van der Waals surface area contributed by atoms with Gasteiger partial charge in [0, 0.05) is 24.2 Å². The second-order valence-electron chi connectivity index (χ2n) is 6.06. The number of hydrogen-bond donors (Lipinski definition) is 4. The van der Waals surface area contributed by atoms with E-state index in [1.165, 1.54) is 25.1 Å². The van der Waals surface area contributed by atoms with Crippen LogP contribution in [0.4, 0.5) is 5.69 Å². The maximum atomic E-state index is 12.1. The second kappa shape index (κ2) is 10.3. The molecular formula is C16H23N5O4S. The molecular weight excluding hydrogens is 358 g/mol. The summed E-state index contributed by atoms with van der Waals surface area (Å²) in [5.74, 6) is -0.560. The van der Waals surface area contributed by atoms with Gasteiger partial charge in [-0.2, -0.15) is 0 Å². The van der Waals surface area contributed by atoms with Crippen molar-refractivity contribution in [3.63, 3.8) is 0 Å². The van der Waals surface area contributed by atoms with Crippen LogP contribution in [0, 0.1) is 16.0 Å². The number of non-ortho nitro benzene ring substituents is 1. The van der Waals surface area contributed by atoms with Gasteiger partial charge in [0.25, 0.3) is 17.5 Å². The highest BCUT2D eigenvalue weighted by Crippen LogP contribution is 2.13. The Morgan fingerprint density at radius 1 is 1.23 bits per heavy atom. The number of hydrogen-bond acceptors (Lipinski definition) is 5. The van der Waals surface area contributed by atoms with Crippen molar-refractivity contribution in [3.8, 4) is 0 Å². The van der Waals surface area contributed by atoms with Crippen LogP contribution in [0.3, 0.4) is 0 Å². The fourth-order valence-electron chi connectivity index (χ4n) is 1.85. The molecule has 0 radical (unpaired) electrons. The Balaban J connectivity index is 2.46. The first-order valence-corrected chi connectivity index (χ1v) is 8.50. The number of carbonyl (C=O) groups excluding carboxylic acids is 2. The molecule has 0 bridgehead atoms. The molecule has 0 aromatic heterocycles. The van der Waals surface area contributed by atoms with Crippen molar-refractivity contribution < 1.29 is 14.5 Å². The van der Waals surface area contributed by atoms with Gasteiger partial charge < -0.3 is 10.6 Å². The first-order chi connectivity index (χ1) is 12.2. The molecule has 142 valence electrons. The molecule has 0 unspecified atom stereocenters. The van der Waals surface area contributed by atoms with Gasteiger partial charge in [0.05, 0.1) is 4.92 Å². The third-order valence-corrected chi connectivity index (χ3v) is 3.61. The van der Waals surface area contributed by atoms with Crippen molar-refractivity contribution >= 4 is 34.8 Å². The highest BCUT2D eigenvalue weighted by molar-refractivity contribution is 7.80. The zero-order valence-electron chi connectivity index (χ0n) is 14.9. The summed E-state index contributed by atoms with van der Waals surface area (Å²) in [7, 11) is 0. The lowest BCUT2D eigenvalue weighted by molar-refractivity contribution is -0.384. The summed E-state index contributed by atoms with van der Waals surface area (Å²) in [4.78, 5) is 34.3. The quantitative estimate of drug-likeness (QED) is 0.318. The number of hydrazine groups is 1. The standard InChI is InChI=1S/C16H23N5O4S/c1-10(2)7-8-17-16(26)20-19-14(22)11(3)18-15(23)12-5-4-6-13(9-12)21(24)25/h4-6,9-11H,7-8H2,1-3H3,(H,18,23)(H,19,22)(H2,17,20,26)/t11-/m0/s1. The van der Waals surface area contributed by atoms with Gasteiger partial charge in [0.2, 0.25) is 0 Å². The lowest BCUT2D eigenvalue weighted by atomic mass is 10.1. The maximum Gasteiger partial charge on any atom is 0.270 e. The van der Waals surface area contributed by atoms with Crippen molar-refractivity contribution in [1.29, 1.82) is 0 Å². The van der Waals surface area contributed by atoms with Gasteiger partial charge in [0.1, 0.15) is 6.04 Å². The van der Waals surface area contributed by atoms with Crippen LogP contribution in [0.25, 0.3) is 0 Å². The Kier molecular flexibility index (Phi) is 8.43. The number of nitro groups is 1. The fourth-order valence-corrected chi connectivity index (χ4v) is 2.00. The molecule has 1 atom stereocenters. The third-order valence-electron chi connectivity index (χ3n) is 3.37. The molecule has 1 aromatic carbocycles. The van der Waals surface area contributed by atoms with E-state index in [9.17, 15) is 19.7 Å². The van der Waals surface area contributed by atoms with E-state index >= 15 is 0 Å². The molecule has 9 nitrogen and oxygen atoms in total. The monoisotopic (exact) mass is 381 g/mol. The van der Waals surface area contributed by atoms with E-state index in [-0.39, 0.29) is 16.4 Å². The van der Waals surface area contributed by atoms with E-state index in [0.29, 0.717) is 12.5 Å². The average molecular weight is 381 g/mol. The summed E-state index contributed by atoms with van der Waals surface area (Å²) in [5.41, 5.74) is 4.84. The van der Waals surface area contributed by atoms with Crippen LogP contribution in [0.2, 0.25) is 0 Å². The second-order valence-corrected chi connectivity index (χ2v) is 6.46. The number of nitro benzene ring substituents is 1. The minimum atomic E-state index is -0.868.